The van der Waals surface area contributed by atoms with Crippen LogP contribution in [0.5, 0.6) is 0 Å². The Balaban J connectivity index is 2.05. The molecule has 1 aromatic heterocycles. The molecular weight excluding hydrogens is 260 g/mol. The van der Waals surface area contributed by atoms with Crippen molar-refractivity contribution in [3.05, 3.63) is 11.9 Å². The van der Waals surface area contributed by atoms with Gasteiger partial charge in [-0.2, -0.15) is 0 Å². The summed E-state index contributed by atoms with van der Waals surface area (Å²) in [6.45, 7) is 15.5. The summed E-state index contributed by atoms with van der Waals surface area (Å²) in [6.07, 6.45) is 1.99. The first-order valence-corrected chi connectivity index (χ1v) is 8.18. The van der Waals surface area contributed by atoms with Gasteiger partial charge < -0.3 is 10.6 Å². The van der Waals surface area contributed by atoms with Crippen molar-refractivity contribution in [2.24, 2.45) is 16.7 Å². The van der Waals surface area contributed by atoms with E-state index in [0.29, 0.717) is 16.7 Å². The number of rotatable bonds is 7. The highest BCUT2D eigenvalue weighted by molar-refractivity contribution is 5.48. The van der Waals surface area contributed by atoms with Crippen LogP contribution in [0.15, 0.2) is 6.07 Å². The smallest absolute Gasteiger partial charge is 0.133 e. The number of nitrogens with one attached hydrogen (secondary N) is 2. The molecule has 0 unspecified atom stereocenters. The Morgan fingerprint density at radius 1 is 1.00 bits per heavy atom. The molecule has 0 radical (unpaired) electrons. The van der Waals surface area contributed by atoms with Gasteiger partial charge in [0.1, 0.15) is 17.5 Å². The third-order valence-electron chi connectivity index (χ3n) is 5.41. The highest BCUT2D eigenvalue weighted by Crippen LogP contribution is 2.68. The van der Waals surface area contributed by atoms with Crippen molar-refractivity contribution in [1.29, 1.82) is 0 Å². The second kappa shape index (κ2) is 5.82. The van der Waals surface area contributed by atoms with Gasteiger partial charge in [0.25, 0.3) is 0 Å². The van der Waals surface area contributed by atoms with Gasteiger partial charge in [0.15, 0.2) is 0 Å². The lowest BCUT2D eigenvalue weighted by Crippen LogP contribution is -2.12. The summed E-state index contributed by atoms with van der Waals surface area (Å²) in [5.74, 6) is 3.49. The molecule has 0 aliphatic heterocycles. The maximum atomic E-state index is 4.64. The first-order valence-electron chi connectivity index (χ1n) is 8.18. The largest absolute Gasteiger partial charge is 0.370 e. The first kappa shape index (κ1) is 16.1. The average molecular weight is 290 g/mol. The van der Waals surface area contributed by atoms with Crippen molar-refractivity contribution in [1.82, 2.24) is 9.97 Å². The lowest BCUT2D eigenvalue weighted by molar-refractivity contribution is 0.457. The quantitative estimate of drug-likeness (QED) is 0.798. The summed E-state index contributed by atoms with van der Waals surface area (Å²) >= 11 is 0. The third-order valence-corrected chi connectivity index (χ3v) is 5.41. The highest BCUT2D eigenvalue weighted by Gasteiger charge is 2.64. The van der Waals surface area contributed by atoms with Gasteiger partial charge in [-0.25, -0.2) is 9.97 Å². The Kier molecular flexibility index (Phi) is 4.45. The number of aromatic nitrogens is 2. The minimum atomic E-state index is 0.407. The van der Waals surface area contributed by atoms with Gasteiger partial charge in [0, 0.05) is 25.6 Å². The molecule has 21 heavy (non-hydrogen) atoms. The van der Waals surface area contributed by atoms with E-state index in [1.807, 2.05) is 6.07 Å². The third kappa shape index (κ3) is 3.14. The summed E-state index contributed by atoms with van der Waals surface area (Å²) in [6, 6.07) is 2.02. The molecule has 0 spiro atoms. The van der Waals surface area contributed by atoms with E-state index >= 15 is 0 Å². The van der Waals surface area contributed by atoms with Crippen LogP contribution in [-0.2, 0) is 6.42 Å². The zero-order chi connectivity index (χ0) is 15.7. The summed E-state index contributed by atoms with van der Waals surface area (Å²) in [7, 11) is 0. The van der Waals surface area contributed by atoms with Gasteiger partial charge in [-0.05, 0) is 30.1 Å². The van der Waals surface area contributed by atoms with E-state index in [2.05, 4.69) is 62.1 Å². The molecule has 0 aromatic carbocycles. The SMILES string of the molecule is CCCc1nc(NCC)cc(NCC2C(C)(C)C2(C)C)n1. The molecule has 2 N–H and O–H groups in total. The van der Waals surface area contributed by atoms with E-state index in [1.165, 1.54) is 0 Å². The Labute approximate surface area is 129 Å². The first-order chi connectivity index (χ1) is 9.82. The molecule has 0 atom stereocenters. The van der Waals surface area contributed by atoms with E-state index in [1.54, 1.807) is 0 Å². The average Bonchev–Trinajstić information content (AvgIpc) is 2.78. The van der Waals surface area contributed by atoms with Crippen LogP contribution < -0.4 is 10.6 Å². The standard InChI is InChI=1S/C17H30N4/c1-7-9-13-20-14(18-8-2)10-15(21-13)19-11-12-16(3,4)17(12,5)6/h10,12H,7-9,11H2,1-6H3,(H2,18,19,20,21). The van der Waals surface area contributed by atoms with Crippen molar-refractivity contribution < 1.29 is 0 Å². The maximum absolute atomic E-state index is 4.64. The van der Waals surface area contributed by atoms with Crippen LogP contribution in [0.3, 0.4) is 0 Å². The number of hydrogen-bond donors (Lipinski definition) is 2. The summed E-state index contributed by atoms with van der Waals surface area (Å²) in [5, 5.41) is 6.82. The molecule has 1 fully saturated rings. The van der Waals surface area contributed by atoms with Crippen molar-refractivity contribution in [2.45, 2.75) is 54.4 Å². The highest BCUT2D eigenvalue weighted by atomic mass is 15.1. The van der Waals surface area contributed by atoms with Crippen LogP contribution in [0.1, 0.15) is 53.8 Å². The van der Waals surface area contributed by atoms with Crippen LogP contribution in [0, 0.1) is 16.7 Å². The Hall–Kier alpha value is -1.32. The van der Waals surface area contributed by atoms with E-state index in [0.717, 1.165) is 43.4 Å². The molecule has 1 aromatic rings. The summed E-state index contributed by atoms with van der Waals surface area (Å²) in [4.78, 5) is 9.19. The van der Waals surface area contributed by atoms with Crippen LogP contribution >= 0.6 is 0 Å². The fourth-order valence-electron chi connectivity index (χ4n) is 3.24. The van der Waals surface area contributed by atoms with Crippen LogP contribution in [0.2, 0.25) is 0 Å². The van der Waals surface area contributed by atoms with Gasteiger partial charge in [-0.15, -0.1) is 0 Å². The fourth-order valence-corrected chi connectivity index (χ4v) is 3.24. The number of anilines is 2. The zero-order valence-corrected chi connectivity index (χ0v) is 14.4. The second-order valence-electron chi connectivity index (χ2n) is 7.21. The minimum absolute atomic E-state index is 0.407. The predicted octanol–water partition coefficient (Wildman–Crippen LogP) is 3.96. The second-order valence-corrected chi connectivity index (χ2v) is 7.21. The molecule has 1 aliphatic carbocycles. The van der Waals surface area contributed by atoms with Crippen LogP contribution in [0.25, 0.3) is 0 Å². The minimum Gasteiger partial charge on any atom is -0.370 e. The van der Waals surface area contributed by atoms with Gasteiger partial charge >= 0.3 is 0 Å². The molecule has 0 bridgehead atoms. The van der Waals surface area contributed by atoms with Gasteiger partial charge in [0.05, 0.1) is 0 Å². The van der Waals surface area contributed by atoms with Gasteiger partial charge in [-0.3, -0.25) is 0 Å². The lowest BCUT2D eigenvalue weighted by atomic mass is 10.0. The molecule has 4 nitrogen and oxygen atoms in total. The van der Waals surface area contributed by atoms with Crippen LogP contribution in [-0.4, -0.2) is 23.1 Å². The molecule has 1 heterocycles. The molecule has 118 valence electrons. The predicted molar refractivity (Wildman–Crippen MR) is 89.7 cm³/mol. The summed E-state index contributed by atoms with van der Waals surface area (Å²) in [5.41, 5.74) is 0.813. The van der Waals surface area contributed by atoms with Crippen molar-refractivity contribution in [3.8, 4) is 0 Å². The van der Waals surface area contributed by atoms with E-state index in [4.69, 9.17) is 0 Å². The Bertz CT molecular complexity index is 455. The van der Waals surface area contributed by atoms with E-state index in [-0.39, 0.29) is 0 Å². The number of nitrogens with zero attached hydrogens (tertiary/aromatic N) is 2. The zero-order valence-electron chi connectivity index (χ0n) is 14.4. The normalized spacial score (nSPS) is 19.3. The molecular formula is C17H30N4. The number of aryl methyl sites for hydroxylation is 1. The Morgan fingerprint density at radius 2 is 1.57 bits per heavy atom. The molecule has 4 heteroatoms. The summed E-state index contributed by atoms with van der Waals surface area (Å²) < 4.78 is 0. The lowest BCUT2D eigenvalue weighted by Gasteiger charge is -2.11. The fraction of sp³-hybridized carbons (Fsp3) is 0.765. The molecule has 1 aliphatic rings. The maximum Gasteiger partial charge on any atom is 0.133 e. The molecule has 0 amide bonds. The Morgan fingerprint density at radius 3 is 2.05 bits per heavy atom. The molecule has 2 rings (SSSR count). The molecule has 0 saturated heterocycles. The van der Waals surface area contributed by atoms with Crippen LogP contribution in [0.4, 0.5) is 11.6 Å². The molecule has 1 saturated carbocycles. The number of hydrogen-bond acceptors (Lipinski definition) is 4. The monoisotopic (exact) mass is 290 g/mol. The van der Waals surface area contributed by atoms with E-state index < -0.39 is 0 Å². The topological polar surface area (TPSA) is 49.8 Å². The van der Waals surface area contributed by atoms with Crippen molar-refractivity contribution in [3.63, 3.8) is 0 Å². The van der Waals surface area contributed by atoms with E-state index in [9.17, 15) is 0 Å². The van der Waals surface area contributed by atoms with Gasteiger partial charge in [0.2, 0.25) is 0 Å². The van der Waals surface area contributed by atoms with Crippen molar-refractivity contribution >= 4 is 11.6 Å². The van der Waals surface area contributed by atoms with Crippen molar-refractivity contribution in [2.75, 3.05) is 23.7 Å². The van der Waals surface area contributed by atoms with Gasteiger partial charge in [-0.1, -0.05) is 34.6 Å².